The quantitative estimate of drug-likeness (QED) is 0.483. The number of hydrazine groups is 1. The normalized spacial score (nSPS) is 9.69. The molecule has 70 valence electrons. The van der Waals surface area contributed by atoms with Crippen LogP contribution in [0, 0.1) is 0 Å². The molecule has 0 saturated heterocycles. The molecule has 0 bridgehead atoms. The summed E-state index contributed by atoms with van der Waals surface area (Å²) in [6.07, 6.45) is 0. The molecule has 0 aliphatic heterocycles. The molecule has 0 spiro atoms. The lowest BCUT2D eigenvalue weighted by Gasteiger charge is -2.03. The van der Waals surface area contributed by atoms with Crippen molar-refractivity contribution in [2.75, 3.05) is 0 Å². The van der Waals surface area contributed by atoms with Gasteiger partial charge in [-0.1, -0.05) is 17.2 Å². The van der Waals surface area contributed by atoms with E-state index in [9.17, 15) is 9.90 Å². The summed E-state index contributed by atoms with van der Waals surface area (Å²) in [4.78, 5) is 15.2. The topological polar surface area (TPSA) is 84.6 Å². The van der Waals surface area contributed by atoms with Gasteiger partial charge >= 0.3 is 5.97 Å². The van der Waals surface area contributed by atoms with Crippen LogP contribution in [0.15, 0.2) is 18.2 Å². The fourth-order valence-electron chi connectivity index (χ4n) is 0.786. The number of phenols is 1. The smallest absolute Gasteiger partial charge is 0.361 e. The molecule has 13 heavy (non-hydrogen) atoms. The maximum atomic E-state index is 11.0. The molecule has 0 heterocycles. The summed E-state index contributed by atoms with van der Waals surface area (Å²) < 4.78 is 0. The fourth-order valence-corrected chi connectivity index (χ4v) is 0.952. The second-order valence-corrected chi connectivity index (χ2v) is 2.61. The van der Waals surface area contributed by atoms with Crippen molar-refractivity contribution in [3.05, 3.63) is 28.8 Å². The molecule has 1 aromatic rings. The van der Waals surface area contributed by atoms with Crippen LogP contribution in [0.25, 0.3) is 0 Å². The molecule has 0 unspecified atom stereocenters. The molecule has 4 N–H and O–H groups in total. The van der Waals surface area contributed by atoms with Crippen molar-refractivity contribution in [2.24, 2.45) is 5.84 Å². The number of phenolic OH excluding ortho intramolecular Hbond substituents is 1. The Morgan fingerprint density at radius 3 is 2.85 bits per heavy atom. The van der Waals surface area contributed by atoms with Crippen molar-refractivity contribution in [1.82, 2.24) is 5.59 Å². The van der Waals surface area contributed by atoms with E-state index in [1.54, 1.807) is 5.59 Å². The number of hydrogen-bond donors (Lipinski definition) is 3. The van der Waals surface area contributed by atoms with Crippen LogP contribution in [0.3, 0.4) is 0 Å². The summed E-state index contributed by atoms with van der Waals surface area (Å²) in [5, 5.41) is 9.56. The zero-order valence-electron chi connectivity index (χ0n) is 6.45. The molecule has 0 aliphatic carbocycles. The van der Waals surface area contributed by atoms with Gasteiger partial charge in [0.25, 0.3) is 0 Å². The van der Waals surface area contributed by atoms with Crippen molar-refractivity contribution in [3.63, 3.8) is 0 Å². The molecule has 1 rings (SSSR count). The lowest BCUT2D eigenvalue weighted by atomic mass is 10.2. The first-order valence-electron chi connectivity index (χ1n) is 3.30. The monoisotopic (exact) mass is 202 g/mol. The highest BCUT2D eigenvalue weighted by Gasteiger charge is 2.12. The van der Waals surface area contributed by atoms with Gasteiger partial charge in [-0.15, -0.1) is 0 Å². The van der Waals surface area contributed by atoms with E-state index < -0.39 is 5.97 Å². The molecule has 0 amide bonds. The number of halogens is 1. The molecule has 0 aromatic heterocycles. The van der Waals surface area contributed by atoms with Crippen LogP contribution in [0.5, 0.6) is 5.75 Å². The molecule has 5 nitrogen and oxygen atoms in total. The Hall–Kier alpha value is -1.30. The van der Waals surface area contributed by atoms with Crippen molar-refractivity contribution >= 4 is 17.6 Å². The van der Waals surface area contributed by atoms with E-state index in [2.05, 4.69) is 4.84 Å². The Labute approximate surface area is 79.0 Å². The van der Waals surface area contributed by atoms with E-state index in [0.717, 1.165) is 0 Å². The summed E-state index contributed by atoms with van der Waals surface area (Å²) >= 11 is 5.55. The Balaban J connectivity index is 2.95. The predicted molar refractivity (Wildman–Crippen MR) is 45.9 cm³/mol. The lowest BCUT2D eigenvalue weighted by Crippen LogP contribution is -2.26. The van der Waals surface area contributed by atoms with Crippen LogP contribution in [-0.2, 0) is 4.84 Å². The summed E-state index contributed by atoms with van der Waals surface area (Å²) in [6, 6.07) is 4.01. The van der Waals surface area contributed by atoms with Crippen molar-refractivity contribution in [3.8, 4) is 5.75 Å². The van der Waals surface area contributed by atoms with E-state index in [-0.39, 0.29) is 11.3 Å². The molecule has 1 aromatic carbocycles. The number of nitrogens with two attached hydrogens (primary N) is 1. The van der Waals surface area contributed by atoms with E-state index >= 15 is 0 Å². The van der Waals surface area contributed by atoms with Crippen LogP contribution < -0.4 is 11.4 Å². The highest BCUT2D eigenvalue weighted by molar-refractivity contribution is 6.30. The number of benzene rings is 1. The minimum atomic E-state index is -0.781. The Morgan fingerprint density at radius 2 is 2.31 bits per heavy atom. The van der Waals surface area contributed by atoms with Crippen LogP contribution in [0.4, 0.5) is 0 Å². The largest absolute Gasteiger partial charge is 0.507 e. The number of carbonyl (C=O) groups excluding carboxylic acids is 1. The summed E-state index contributed by atoms with van der Waals surface area (Å²) in [5.74, 6) is 3.71. The van der Waals surface area contributed by atoms with E-state index in [4.69, 9.17) is 17.4 Å². The van der Waals surface area contributed by atoms with Crippen LogP contribution in [0.2, 0.25) is 5.02 Å². The van der Waals surface area contributed by atoms with Gasteiger partial charge in [0.1, 0.15) is 11.3 Å². The summed E-state index contributed by atoms with van der Waals surface area (Å²) in [6.45, 7) is 0. The third kappa shape index (κ3) is 2.32. The van der Waals surface area contributed by atoms with Gasteiger partial charge in [0, 0.05) is 5.02 Å². The zero-order valence-corrected chi connectivity index (χ0v) is 7.21. The third-order valence-corrected chi connectivity index (χ3v) is 1.57. The second-order valence-electron chi connectivity index (χ2n) is 2.17. The Bertz CT molecular complexity index is 330. The number of aromatic hydroxyl groups is 1. The maximum absolute atomic E-state index is 11.0. The van der Waals surface area contributed by atoms with Gasteiger partial charge in [-0.2, -0.15) is 0 Å². The van der Waals surface area contributed by atoms with Gasteiger partial charge in [0.15, 0.2) is 0 Å². The minimum absolute atomic E-state index is 0.0117. The molecule has 0 atom stereocenters. The van der Waals surface area contributed by atoms with Gasteiger partial charge in [-0.05, 0) is 18.2 Å². The SMILES string of the molecule is NNOC(=O)c1ccc(Cl)cc1O. The number of carbonyl (C=O) groups is 1. The Morgan fingerprint density at radius 1 is 1.62 bits per heavy atom. The Kier molecular flexibility index (Phi) is 3.07. The number of hydrogen-bond acceptors (Lipinski definition) is 5. The van der Waals surface area contributed by atoms with Crippen LogP contribution >= 0.6 is 11.6 Å². The molecule has 0 radical (unpaired) electrons. The average molecular weight is 203 g/mol. The van der Waals surface area contributed by atoms with Gasteiger partial charge in [0.05, 0.1) is 0 Å². The van der Waals surface area contributed by atoms with Gasteiger partial charge in [-0.3, -0.25) is 0 Å². The van der Waals surface area contributed by atoms with Crippen molar-refractivity contribution in [1.29, 1.82) is 0 Å². The van der Waals surface area contributed by atoms with Crippen molar-refractivity contribution in [2.45, 2.75) is 0 Å². The fraction of sp³-hybridized carbons (Fsp3) is 0. The number of nitrogens with one attached hydrogen (secondary N) is 1. The lowest BCUT2D eigenvalue weighted by molar-refractivity contribution is 0.0251. The number of rotatable bonds is 2. The summed E-state index contributed by atoms with van der Waals surface area (Å²) in [7, 11) is 0. The van der Waals surface area contributed by atoms with Crippen molar-refractivity contribution < 1.29 is 14.7 Å². The van der Waals surface area contributed by atoms with E-state index in [1.165, 1.54) is 18.2 Å². The first-order chi connectivity index (χ1) is 6.15. The molecular weight excluding hydrogens is 196 g/mol. The average Bonchev–Trinajstić information content (AvgIpc) is 2.04. The summed E-state index contributed by atoms with van der Waals surface area (Å²) in [5.41, 5.74) is 1.70. The molecule has 0 aliphatic rings. The van der Waals surface area contributed by atoms with Gasteiger partial charge in [-0.25, -0.2) is 10.6 Å². The first-order valence-corrected chi connectivity index (χ1v) is 3.68. The van der Waals surface area contributed by atoms with E-state index in [0.29, 0.717) is 5.02 Å². The highest BCUT2D eigenvalue weighted by Crippen LogP contribution is 2.22. The van der Waals surface area contributed by atoms with Gasteiger partial charge in [0.2, 0.25) is 0 Å². The van der Waals surface area contributed by atoms with E-state index in [1.807, 2.05) is 0 Å². The molecular formula is C7H7ClN2O3. The molecule has 0 saturated carbocycles. The zero-order chi connectivity index (χ0) is 9.84. The first kappa shape index (κ1) is 9.79. The standard InChI is InChI=1S/C7H7ClN2O3/c8-4-1-2-5(6(11)3-4)7(12)13-10-9/h1-3,10-11H,9H2. The maximum Gasteiger partial charge on any atom is 0.361 e. The third-order valence-electron chi connectivity index (χ3n) is 1.33. The van der Waals surface area contributed by atoms with Crippen LogP contribution in [-0.4, -0.2) is 11.1 Å². The molecule has 6 heteroatoms. The second kappa shape index (κ2) is 4.08. The highest BCUT2D eigenvalue weighted by atomic mass is 35.5. The van der Waals surface area contributed by atoms with Crippen LogP contribution in [0.1, 0.15) is 10.4 Å². The molecule has 0 fully saturated rings. The predicted octanol–water partition coefficient (Wildman–Crippen LogP) is 0.581. The van der Waals surface area contributed by atoms with Gasteiger partial charge < -0.3 is 9.94 Å². The minimum Gasteiger partial charge on any atom is -0.507 e.